The molecule has 0 spiro atoms. The molecule has 0 aliphatic carbocycles. The van der Waals surface area contributed by atoms with Gasteiger partial charge < -0.3 is 4.74 Å². The number of rotatable bonds is 3. The zero-order valence-corrected chi connectivity index (χ0v) is 8.63. The van der Waals surface area contributed by atoms with Crippen molar-refractivity contribution >= 4 is 5.97 Å². The minimum absolute atomic E-state index is 0.287. The number of esters is 1. The number of carbonyl (C=O) groups is 1. The summed E-state index contributed by atoms with van der Waals surface area (Å²) in [5.74, 6) is -0.287. The molecule has 0 atom stereocenters. The van der Waals surface area contributed by atoms with Gasteiger partial charge in [0.15, 0.2) is 0 Å². The van der Waals surface area contributed by atoms with Crippen molar-refractivity contribution in [1.82, 2.24) is 0 Å². The Hall–Kier alpha value is -1.31. The quantitative estimate of drug-likeness (QED) is 0.379. The van der Waals surface area contributed by atoms with Crippen LogP contribution in [0.5, 0.6) is 0 Å². The van der Waals surface area contributed by atoms with Gasteiger partial charge in [0.05, 0.1) is 7.11 Å². The molecule has 0 amide bonds. The molecule has 0 aromatic carbocycles. The summed E-state index contributed by atoms with van der Waals surface area (Å²) in [6.07, 6.45) is 7.56. The molecule has 2 nitrogen and oxygen atoms in total. The van der Waals surface area contributed by atoms with Crippen molar-refractivity contribution in [3.8, 4) is 0 Å². The minimum atomic E-state index is -0.287. The second-order valence-corrected chi connectivity index (χ2v) is 2.75. The fourth-order valence-corrected chi connectivity index (χ4v) is 0.804. The number of allylic oxidation sites excluding steroid dienone is 5. The topological polar surface area (TPSA) is 26.3 Å². The summed E-state index contributed by atoms with van der Waals surface area (Å²) < 4.78 is 4.55. The number of carbonyl (C=O) groups excluding carboxylic acids is 1. The van der Waals surface area contributed by atoms with Crippen molar-refractivity contribution in [2.24, 2.45) is 0 Å². The van der Waals surface area contributed by atoms with Gasteiger partial charge in [-0.1, -0.05) is 29.9 Å². The van der Waals surface area contributed by atoms with Crippen LogP contribution in [0.1, 0.15) is 20.8 Å². The van der Waals surface area contributed by atoms with Gasteiger partial charge in [0.1, 0.15) is 0 Å². The summed E-state index contributed by atoms with van der Waals surface area (Å²) in [4.78, 5) is 10.9. The Morgan fingerprint density at radius 2 is 1.85 bits per heavy atom. The fourth-order valence-electron chi connectivity index (χ4n) is 0.804. The van der Waals surface area contributed by atoms with E-state index in [4.69, 9.17) is 0 Å². The summed E-state index contributed by atoms with van der Waals surface area (Å²) in [5.41, 5.74) is 1.71. The third-order valence-electron chi connectivity index (χ3n) is 1.53. The number of hydrogen-bond acceptors (Lipinski definition) is 2. The van der Waals surface area contributed by atoms with Gasteiger partial charge in [0.2, 0.25) is 0 Å². The summed E-state index contributed by atoms with van der Waals surface area (Å²) in [5, 5.41) is 0. The van der Waals surface area contributed by atoms with Crippen molar-refractivity contribution in [3.63, 3.8) is 0 Å². The molecule has 0 aliphatic heterocycles. The maximum absolute atomic E-state index is 10.9. The largest absolute Gasteiger partial charge is 0.466 e. The van der Waals surface area contributed by atoms with Crippen LogP contribution in [0.25, 0.3) is 0 Å². The number of hydrogen-bond donors (Lipinski definition) is 0. The normalized spacial score (nSPS) is 13.5. The summed E-state index contributed by atoms with van der Waals surface area (Å²) >= 11 is 0. The molecule has 72 valence electrons. The van der Waals surface area contributed by atoms with Crippen LogP contribution in [0, 0.1) is 0 Å². The molecule has 0 aromatic heterocycles. The summed E-state index contributed by atoms with van der Waals surface area (Å²) in [6, 6.07) is 0. The lowest BCUT2D eigenvalue weighted by Crippen LogP contribution is -2.00. The zero-order valence-electron chi connectivity index (χ0n) is 8.63. The molecule has 0 rings (SSSR count). The van der Waals surface area contributed by atoms with E-state index < -0.39 is 0 Å². The maximum atomic E-state index is 10.9. The summed E-state index contributed by atoms with van der Waals surface area (Å²) in [7, 11) is 1.38. The predicted octanol–water partition coefficient (Wildman–Crippen LogP) is 2.63. The van der Waals surface area contributed by atoms with Gasteiger partial charge in [-0.25, -0.2) is 4.79 Å². The average molecular weight is 180 g/mol. The third-order valence-corrected chi connectivity index (χ3v) is 1.53. The Balaban J connectivity index is 4.41. The van der Waals surface area contributed by atoms with E-state index in [1.54, 1.807) is 13.0 Å². The van der Waals surface area contributed by atoms with Crippen LogP contribution in [-0.4, -0.2) is 13.1 Å². The van der Waals surface area contributed by atoms with Crippen molar-refractivity contribution in [2.45, 2.75) is 20.8 Å². The number of ether oxygens (including phenoxy) is 1. The van der Waals surface area contributed by atoms with Crippen LogP contribution in [0.4, 0.5) is 0 Å². The van der Waals surface area contributed by atoms with Gasteiger partial charge in [-0.05, 0) is 20.8 Å². The monoisotopic (exact) mass is 180 g/mol. The maximum Gasteiger partial charge on any atom is 0.333 e. The van der Waals surface area contributed by atoms with E-state index in [9.17, 15) is 4.79 Å². The highest BCUT2D eigenvalue weighted by molar-refractivity contribution is 5.87. The van der Waals surface area contributed by atoms with Crippen molar-refractivity contribution in [1.29, 1.82) is 0 Å². The molecule has 0 saturated carbocycles. The number of methoxy groups -OCH3 is 1. The highest BCUT2D eigenvalue weighted by Crippen LogP contribution is 2.00. The first-order valence-corrected chi connectivity index (χ1v) is 4.18. The molecule has 0 radical (unpaired) electrons. The van der Waals surface area contributed by atoms with Crippen LogP contribution < -0.4 is 0 Å². The third kappa shape index (κ3) is 5.01. The SMILES string of the molecule is C/C=C/C(C)=C/C=C(/C)C(=O)OC. The van der Waals surface area contributed by atoms with Crippen LogP contribution in [0.2, 0.25) is 0 Å². The van der Waals surface area contributed by atoms with E-state index >= 15 is 0 Å². The molecule has 0 aliphatic rings. The lowest BCUT2D eigenvalue weighted by Gasteiger charge is -1.95. The molecule has 0 fully saturated rings. The Bertz CT molecular complexity index is 257. The molecule has 0 saturated heterocycles. The van der Waals surface area contributed by atoms with E-state index in [1.165, 1.54) is 7.11 Å². The predicted molar refractivity (Wildman–Crippen MR) is 54.3 cm³/mol. The van der Waals surface area contributed by atoms with Gasteiger partial charge in [-0.15, -0.1) is 0 Å². The molecule has 0 bridgehead atoms. The first-order valence-electron chi connectivity index (χ1n) is 4.18. The minimum Gasteiger partial charge on any atom is -0.466 e. The van der Waals surface area contributed by atoms with Gasteiger partial charge in [-0.2, -0.15) is 0 Å². The average Bonchev–Trinajstić information content (AvgIpc) is 2.13. The van der Waals surface area contributed by atoms with E-state index in [0.29, 0.717) is 5.57 Å². The van der Waals surface area contributed by atoms with E-state index in [2.05, 4.69) is 4.74 Å². The molecular weight excluding hydrogens is 164 g/mol. The van der Waals surface area contributed by atoms with E-state index in [1.807, 2.05) is 32.1 Å². The van der Waals surface area contributed by atoms with Crippen LogP contribution in [-0.2, 0) is 9.53 Å². The molecule has 13 heavy (non-hydrogen) atoms. The Kier molecular flexibility index (Phi) is 5.60. The molecule has 0 N–H and O–H groups in total. The van der Waals surface area contributed by atoms with Crippen molar-refractivity contribution in [2.75, 3.05) is 7.11 Å². The van der Waals surface area contributed by atoms with Crippen LogP contribution in [0.3, 0.4) is 0 Å². The van der Waals surface area contributed by atoms with Gasteiger partial charge in [-0.3, -0.25) is 0 Å². The Labute approximate surface area is 79.6 Å². The van der Waals surface area contributed by atoms with Crippen molar-refractivity contribution in [3.05, 3.63) is 35.5 Å². The highest BCUT2D eigenvalue weighted by atomic mass is 16.5. The highest BCUT2D eigenvalue weighted by Gasteiger charge is 1.99. The van der Waals surface area contributed by atoms with Crippen LogP contribution >= 0.6 is 0 Å². The molecule has 2 heteroatoms. The van der Waals surface area contributed by atoms with Crippen molar-refractivity contribution < 1.29 is 9.53 Å². The Morgan fingerprint density at radius 1 is 1.23 bits per heavy atom. The van der Waals surface area contributed by atoms with E-state index in [0.717, 1.165) is 5.57 Å². The Morgan fingerprint density at radius 3 is 2.31 bits per heavy atom. The molecule has 0 aromatic rings. The lowest BCUT2D eigenvalue weighted by atomic mass is 10.2. The van der Waals surface area contributed by atoms with Gasteiger partial charge >= 0.3 is 5.97 Å². The molecule has 0 unspecified atom stereocenters. The smallest absolute Gasteiger partial charge is 0.333 e. The second kappa shape index (κ2) is 6.23. The van der Waals surface area contributed by atoms with Crippen LogP contribution in [0.15, 0.2) is 35.5 Å². The first-order chi connectivity index (χ1) is 6.11. The standard InChI is InChI=1S/C11H16O2/c1-5-6-9(2)7-8-10(3)11(12)13-4/h5-8H,1-4H3/b6-5+,9-7+,10-8-. The summed E-state index contributed by atoms with van der Waals surface area (Å²) in [6.45, 7) is 5.65. The first kappa shape index (κ1) is 11.7. The molecular formula is C11H16O2. The van der Waals surface area contributed by atoms with E-state index in [-0.39, 0.29) is 5.97 Å². The molecule has 0 heterocycles. The lowest BCUT2D eigenvalue weighted by molar-refractivity contribution is -0.136. The van der Waals surface area contributed by atoms with Gasteiger partial charge in [0, 0.05) is 5.57 Å². The van der Waals surface area contributed by atoms with Gasteiger partial charge in [0.25, 0.3) is 0 Å². The fraction of sp³-hybridized carbons (Fsp3) is 0.364. The second-order valence-electron chi connectivity index (χ2n) is 2.75. The zero-order chi connectivity index (χ0) is 10.3.